The topological polar surface area (TPSA) is 95.9 Å². The van der Waals surface area contributed by atoms with Crippen LogP contribution in [-0.2, 0) is 9.53 Å². The predicted octanol–water partition coefficient (Wildman–Crippen LogP) is 1.13. The quantitative estimate of drug-likeness (QED) is 0.690. The van der Waals surface area contributed by atoms with Crippen LogP contribution in [0.25, 0.3) is 0 Å². The van der Waals surface area contributed by atoms with Gasteiger partial charge in [-0.1, -0.05) is 0 Å². The lowest BCUT2D eigenvalue weighted by Gasteiger charge is -2.32. The van der Waals surface area contributed by atoms with E-state index < -0.39 is 35.7 Å². The third-order valence-electron chi connectivity index (χ3n) is 2.84. The molecule has 3 atom stereocenters. The summed E-state index contributed by atoms with van der Waals surface area (Å²) in [6.45, 7) is 5.23. The van der Waals surface area contributed by atoms with Crippen LogP contribution in [-0.4, -0.2) is 40.0 Å². The van der Waals surface area contributed by atoms with Crippen molar-refractivity contribution < 1.29 is 24.5 Å². The van der Waals surface area contributed by atoms with Crippen LogP contribution in [0.15, 0.2) is 0 Å². The molecule has 3 N–H and O–H groups in total. The minimum absolute atomic E-state index is 0.162. The normalized spacial score (nSPS) is 28.6. The zero-order valence-corrected chi connectivity index (χ0v) is 11.0. The molecule has 6 nitrogen and oxygen atoms in total. The van der Waals surface area contributed by atoms with Crippen LogP contribution in [0.4, 0.5) is 4.79 Å². The number of aliphatic hydroxyl groups is 1. The number of aliphatic hydroxyl groups excluding tert-OH is 1. The average Bonchev–Trinajstić information content (AvgIpc) is 2.17. The van der Waals surface area contributed by atoms with Crippen LogP contribution < -0.4 is 5.32 Å². The number of rotatable bonds is 2. The van der Waals surface area contributed by atoms with Gasteiger partial charge in [0.2, 0.25) is 0 Å². The molecule has 0 heterocycles. The highest BCUT2D eigenvalue weighted by Gasteiger charge is 2.36. The third kappa shape index (κ3) is 4.52. The molecule has 3 unspecified atom stereocenters. The Balaban J connectivity index is 2.59. The molecule has 0 saturated heterocycles. The van der Waals surface area contributed by atoms with Crippen molar-refractivity contribution in [1.82, 2.24) is 5.32 Å². The summed E-state index contributed by atoms with van der Waals surface area (Å²) >= 11 is 0. The number of nitrogens with one attached hydrogen (secondary N) is 1. The van der Waals surface area contributed by atoms with Gasteiger partial charge >= 0.3 is 12.1 Å². The van der Waals surface area contributed by atoms with Crippen molar-refractivity contribution in [2.75, 3.05) is 0 Å². The van der Waals surface area contributed by atoms with Crippen LogP contribution in [0.3, 0.4) is 0 Å². The molecule has 0 spiro atoms. The molecular weight excluding hydrogens is 238 g/mol. The summed E-state index contributed by atoms with van der Waals surface area (Å²) in [5.74, 6) is -1.77. The zero-order chi connectivity index (χ0) is 13.9. The molecule has 1 fully saturated rings. The number of amides is 1. The Hall–Kier alpha value is -1.30. The van der Waals surface area contributed by atoms with Gasteiger partial charge in [-0.2, -0.15) is 0 Å². The van der Waals surface area contributed by atoms with Gasteiger partial charge in [-0.15, -0.1) is 0 Å². The second-order valence-corrected chi connectivity index (χ2v) is 5.66. The summed E-state index contributed by atoms with van der Waals surface area (Å²) in [5.41, 5.74) is -0.614. The lowest BCUT2D eigenvalue weighted by molar-refractivity contribution is -0.145. The molecule has 0 aliphatic heterocycles. The number of carbonyl (C=O) groups excluding carboxylic acids is 1. The predicted molar refractivity (Wildman–Crippen MR) is 64.1 cm³/mol. The molecule has 18 heavy (non-hydrogen) atoms. The van der Waals surface area contributed by atoms with Crippen molar-refractivity contribution in [2.45, 2.75) is 57.8 Å². The molecule has 0 aromatic heterocycles. The second-order valence-electron chi connectivity index (χ2n) is 5.66. The fourth-order valence-electron chi connectivity index (χ4n) is 2.05. The first-order valence-corrected chi connectivity index (χ1v) is 6.09. The van der Waals surface area contributed by atoms with Gasteiger partial charge in [0.25, 0.3) is 0 Å². The van der Waals surface area contributed by atoms with Crippen molar-refractivity contribution >= 4 is 12.1 Å². The number of aliphatic carboxylic acids is 1. The average molecular weight is 259 g/mol. The van der Waals surface area contributed by atoms with E-state index in [1.807, 2.05) is 0 Å². The maximum absolute atomic E-state index is 11.6. The van der Waals surface area contributed by atoms with Crippen molar-refractivity contribution in [3.8, 4) is 0 Å². The van der Waals surface area contributed by atoms with Crippen molar-refractivity contribution in [1.29, 1.82) is 0 Å². The van der Waals surface area contributed by atoms with Crippen LogP contribution in [0.5, 0.6) is 0 Å². The van der Waals surface area contributed by atoms with Crippen LogP contribution in [0.1, 0.15) is 40.0 Å². The summed E-state index contributed by atoms with van der Waals surface area (Å²) in [5, 5.41) is 21.1. The summed E-state index contributed by atoms with van der Waals surface area (Å²) in [6.07, 6.45) is -0.129. The van der Waals surface area contributed by atoms with E-state index in [1.54, 1.807) is 20.8 Å². The van der Waals surface area contributed by atoms with Gasteiger partial charge in [-0.3, -0.25) is 4.79 Å². The number of carbonyl (C=O) groups is 2. The summed E-state index contributed by atoms with van der Waals surface area (Å²) in [4.78, 5) is 22.7. The number of alkyl carbamates (subject to hydrolysis) is 1. The first-order chi connectivity index (χ1) is 8.19. The maximum Gasteiger partial charge on any atom is 0.407 e. The largest absolute Gasteiger partial charge is 0.481 e. The van der Waals surface area contributed by atoms with Crippen molar-refractivity contribution in [3.63, 3.8) is 0 Å². The molecule has 1 aliphatic carbocycles. The molecule has 0 aromatic rings. The van der Waals surface area contributed by atoms with Gasteiger partial charge in [-0.05, 0) is 40.0 Å². The highest BCUT2D eigenvalue weighted by molar-refractivity contribution is 5.74. The SMILES string of the molecule is CC(C)(C)OC(=O)NC1CCC(O)CC1C(=O)O. The number of carboxylic acid groups (broad SMARTS) is 1. The van der Waals surface area contributed by atoms with Crippen LogP contribution >= 0.6 is 0 Å². The summed E-state index contributed by atoms with van der Waals surface area (Å²) in [6, 6.07) is -0.485. The molecular formula is C12H21NO5. The second kappa shape index (κ2) is 5.56. The molecule has 6 heteroatoms. The molecule has 1 amide bonds. The van der Waals surface area contributed by atoms with E-state index in [4.69, 9.17) is 9.84 Å². The van der Waals surface area contributed by atoms with E-state index in [-0.39, 0.29) is 6.42 Å². The van der Waals surface area contributed by atoms with E-state index in [2.05, 4.69) is 5.32 Å². The van der Waals surface area contributed by atoms with Crippen LogP contribution in [0.2, 0.25) is 0 Å². The van der Waals surface area contributed by atoms with Gasteiger partial charge < -0.3 is 20.3 Å². The molecule has 1 rings (SSSR count). The minimum Gasteiger partial charge on any atom is -0.481 e. The highest BCUT2D eigenvalue weighted by atomic mass is 16.6. The van der Waals surface area contributed by atoms with E-state index in [9.17, 15) is 14.7 Å². The number of ether oxygens (including phenoxy) is 1. The number of hydrogen-bond donors (Lipinski definition) is 3. The summed E-state index contributed by atoms with van der Waals surface area (Å²) < 4.78 is 5.09. The lowest BCUT2D eigenvalue weighted by Crippen LogP contribution is -2.49. The van der Waals surface area contributed by atoms with Crippen molar-refractivity contribution in [2.24, 2.45) is 5.92 Å². The van der Waals surface area contributed by atoms with Crippen LogP contribution in [0, 0.1) is 5.92 Å². The third-order valence-corrected chi connectivity index (χ3v) is 2.84. The Labute approximate surface area is 106 Å². The molecule has 104 valence electrons. The van der Waals surface area contributed by atoms with E-state index in [0.29, 0.717) is 12.8 Å². The van der Waals surface area contributed by atoms with Gasteiger partial charge in [-0.25, -0.2) is 4.79 Å². The monoisotopic (exact) mass is 259 g/mol. The first kappa shape index (κ1) is 14.8. The number of carboxylic acids is 1. The van der Waals surface area contributed by atoms with Crippen molar-refractivity contribution in [3.05, 3.63) is 0 Å². The van der Waals surface area contributed by atoms with Gasteiger partial charge in [0.1, 0.15) is 5.60 Å². The Morgan fingerprint density at radius 2 is 1.89 bits per heavy atom. The van der Waals surface area contributed by atoms with Gasteiger partial charge in [0.15, 0.2) is 0 Å². The Morgan fingerprint density at radius 1 is 1.28 bits per heavy atom. The zero-order valence-electron chi connectivity index (χ0n) is 11.0. The fourth-order valence-corrected chi connectivity index (χ4v) is 2.05. The lowest BCUT2D eigenvalue weighted by atomic mass is 9.83. The molecule has 0 aromatic carbocycles. The van der Waals surface area contributed by atoms with Gasteiger partial charge in [0.05, 0.1) is 12.0 Å². The molecule has 0 radical (unpaired) electrons. The smallest absolute Gasteiger partial charge is 0.407 e. The molecule has 1 aliphatic rings. The first-order valence-electron chi connectivity index (χ1n) is 6.09. The minimum atomic E-state index is -1.00. The maximum atomic E-state index is 11.6. The van der Waals surface area contributed by atoms with Gasteiger partial charge in [0, 0.05) is 6.04 Å². The van der Waals surface area contributed by atoms with E-state index in [1.165, 1.54) is 0 Å². The number of hydrogen-bond acceptors (Lipinski definition) is 4. The Bertz CT molecular complexity index is 323. The Kier molecular flexibility index (Phi) is 4.56. The van der Waals surface area contributed by atoms with E-state index >= 15 is 0 Å². The molecule has 1 saturated carbocycles. The Morgan fingerprint density at radius 3 is 2.39 bits per heavy atom. The highest BCUT2D eigenvalue weighted by Crippen LogP contribution is 2.25. The fraction of sp³-hybridized carbons (Fsp3) is 0.833. The van der Waals surface area contributed by atoms with E-state index in [0.717, 1.165) is 0 Å². The molecule has 0 bridgehead atoms. The summed E-state index contributed by atoms with van der Waals surface area (Å²) in [7, 11) is 0. The standard InChI is InChI=1S/C12H21NO5/c1-12(2,3)18-11(17)13-9-5-4-7(14)6-8(9)10(15)16/h7-9,14H,4-6H2,1-3H3,(H,13,17)(H,15,16).